The van der Waals surface area contributed by atoms with Crippen molar-refractivity contribution in [2.45, 2.75) is 46.3 Å². The second-order valence-electron chi connectivity index (χ2n) is 9.33. The van der Waals surface area contributed by atoms with E-state index in [0.717, 1.165) is 58.1 Å². The predicted octanol–water partition coefficient (Wildman–Crippen LogP) is 4.93. The molecule has 5 rings (SSSR count). The zero-order chi connectivity index (χ0) is 24.0. The number of likely N-dealkylation sites (tertiary alicyclic amines) is 1. The monoisotopic (exact) mass is 461 g/mol. The van der Waals surface area contributed by atoms with Crippen LogP contribution in [0.1, 0.15) is 55.7 Å². The highest BCUT2D eigenvalue weighted by atomic mass is 16.5. The van der Waals surface area contributed by atoms with Crippen LogP contribution in [0.4, 0.5) is 0 Å². The zero-order valence-electron chi connectivity index (χ0n) is 20.5. The predicted molar refractivity (Wildman–Crippen MR) is 132 cm³/mol. The summed E-state index contributed by atoms with van der Waals surface area (Å²) in [6.45, 7) is 10.3. The van der Waals surface area contributed by atoms with Gasteiger partial charge < -0.3 is 19.1 Å². The summed E-state index contributed by atoms with van der Waals surface area (Å²) >= 11 is 0. The van der Waals surface area contributed by atoms with Crippen molar-refractivity contribution in [3.8, 4) is 22.8 Å². The number of nitrogens with zero attached hydrogens (tertiary/aromatic N) is 3. The number of aromatic nitrogens is 2. The minimum Gasteiger partial charge on any atom is -0.496 e. The molecule has 0 atom stereocenters. The van der Waals surface area contributed by atoms with Crippen molar-refractivity contribution in [2.24, 2.45) is 0 Å². The maximum Gasteiger partial charge on any atom is 0.275 e. The largest absolute Gasteiger partial charge is 0.496 e. The summed E-state index contributed by atoms with van der Waals surface area (Å²) in [6.07, 6.45) is 9.04. The molecule has 7 heteroatoms. The van der Waals surface area contributed by atoms with Crippen molar-refractivity contribution in [3.05, 3.63) is 52.8 Å². The molecule has 34 heavy (non-hydrogen) atoms. The summed E-state index contributed by atoms with van der Waals surface area (Å²) in [6, 6.07) is 3.99. The fraction of sp³-hybridized carbons (Fsp3) is 0.407. The van der Waals surface area contributed by atoms with Gasteiger partial charge in [0.1, 0.15) is 18.1 Å². The van der Waals surface area contributed by atoms with Gasteiger partial charge in [0.25, 0.3) is 5.91 Å². The Bertz CT molecular complexity index is 1240. The summed E-state index contributed by atoms with van der Waals surface area (Å²) in [5.74, 6) is 1.42. The summed E-state index contributed by atoms with van der Waals surface area (Å²) in [5.41, 5.74) is 5.92. The van der Waals surface area contributed by atoms with E-state index in [2.05, 4.69) is 26.0 Å². The molecule has 0 N–H and O–H groups in total. The Morgan fingerprint density at radius 3 is 2.59 bits per heavy atom. The maximum absolute atomic E-state index is 13.7. The number of carbonyl (C=O) groups is 1. The maximum atomic E-state index is 13.7. The van der Waals surface area contributed by atoms with E-state index in [-0.39, 0.29) is 18.1 Å². The Morgan fingerprint density at radius 1 is 1.24 bits per heavy atom. The lowest BCUT2D eigenvalue weighted by Crippen LogP contribution is -2.72. The van der Waals surface area contributed by atoms with E-state index in [0.29, 0.717) is 18.9 Å². The van der Waals surface area contributed by atoms with Crippen LogP contribution in [0.15, 0.2) is 35.9 Å². The van der Waals surface area contributed by atoms with Crippen LogP contribution in [-0.4, -0.2) is 53.0 Å². The van der Waals surface area contributed by atoms with Gasteiger partial charge >= 0.3 is 0 Å². The molecule has 2 aromatic rings. The number of methoxy groups -OCH3 is 1. The second kappa shape index (κ2) is 8.47. The molecule has 0 aliphatic carbocycles. The van der Waals surface area contributed by atoms with E-state index < -0.39 is 0 Å². The Kier molecular flexibility index (Phi) is 5.60. The summed E-state index contributed by atoms with van der Waals surface area (Å²) in [5, 5.41) is 4.88. The van der Waals surface area contributed by atoms with Gasteiger partial charge in [0.2, 0.25) is 0 Å². The number of rotatable bonds is 5. The van der Waals surface area contributed by atoms with Crippen LogP contribution in [0.25, 0.3) is 23.0 Å². The van der Waals surface area contributed by atoms with Crippen LogP contribution in [0.5, 0.6) is 11.5 Å². The van der Waals surface area contributed by atoms with Gasteiger partial charge in [-0.15, -0.1) is 0 Å². The number of hydrogen-bond donors (Lipinski definition) is 0. The molecule has 7 nitrogen and oxygen atoms in total. The van der Waals surface area contributed by atoms with Crippen molar-refractivity contribution in [1.82, 2.24) is 14.7 Å². The Labute approximate surface area is 200 Å². The average molecular weight is 462 g/mol. The highest BCUT2D eigenvalue weighted by Gasteiger charge is 2.54. The van der Waals surface area contributed by atoms with Crippen LogP contribution in [0, 0.1) is 0 Å². The molecular weight excluding hydrogens is 430 g/mol. The number of fused-ring (bicyclic) bond motifs is 3. The molecular formula is C27H31N3O4. The molecule has 2 fully saturated rings. The van der Waals surface area contributed by atoms with Gasteiger partial charge in [-0.1, -0.05) is 23.8 Å². The van der Waals surface area contributed by atoms with Crippen LogP contribution in [0.2, 0.25) is 0 Å². The summed E-state index contributed by atoms with van der Waals surface area (Å²) in [4.78, 5) is 15.6. The first-order valence-corrected chi connectivity index (χ1v) is 11.7. The molecule has 1 aromatic heterocycles. The van der Waals surface area contributed by atoms with E-state index in [1.54, 1.807) is 7.11 Å². The first-order valence-electron chi connectivity index (χ1n) is 11.7. The molecule has 2 saturated heterocycles. The van der Waals surface area contributed by atoms with E-state index in [1.807, 2.05) is 47.7 Å². The third-order valence-corrected chi connectivity index (χ3v) is 6.83. The van der Waals surface area contributed by atoms with Crippen LogP contribution in [0.3, 0.4) is 0 Å². The topological polar surface area (TPSA) is 65.8 Å². The molecule has 178 valence electrons. The SMILES string of the molecule is C/C=C\C(=C/C)n1nc(C(=O)N2CCC23COC3)c2c1-c1cc(C=C(C)C)c(OC)cc1OC2. The lowest BCUT2D eigenvalue weighted by molar-refractivity contribution is -0.172. The van der Waals surface area contributed by atoms with Crippen LogP contribution < -0.4 is 9.47 Å². The highest BCUT2D eigenvalue weighted by molar-refractivity contribution is 5.98. The first kappa shape index (κ1) is 22.5. The minimum atomic E-state index is -0.155. The van der Waals surface area contributed by atoms with Crippen molar-refractivity contribution in [1.29, 1.82) is 0 Å². The van der Waals surface area contributed by atoms with Crippen LogP contribution in [-0.2, 0) is 11.3 Å². The summed E-state index contributed by atoms with van der Waals surface area (Å²) in [7, 11) is 1.66. The first-order chi connectivity index (χ1) is 16.4. The number of benzene rings is 1. The molecule has 0 saturated carbocycles. The third kappa shape index (κ3) is 3.38. The Balaban J connectivity index is 1.70. The molecule has 0 unspecified atom stereocenters. The van der Waals surface area contributed by atoms with Gasteiger partial charge in [-0.25, -0.2) is 4.68 Å². The van der Waals surface area contributed by atoms with Gasteiger partial charge in [-0.05, 0) is 46.3 Å². The normalized spacial score (nSPS) is 18.0. The molecule has 1 aromatic carbocycles. The van der Waals surface area contributed by atoms with Gasteiger partial charge in [0.15, 0.2) is 5.69 Å². The molecule has 0 radical (unpaired) electrons. The number of allylic oxidation sites excluding steroid dienone is 5. The molecule has 1 spiro atoms. The van der Waals surface area contributed by atoms with Crippen molar-refractivity contribution >= 4 is 17.7 Å². The quantitative estimate of drug-likeness (QED) is 0.591. The Hall–Kier alpha value is -3.32. The van der Waals surface area contributed by atoms with E-state index >= 15 is 0 Å². The number of carbonyl (C=O) groups excluding carboxylic acids is 1. The number of ether oxygens (including phenoxy) is 3. The molecule has 4 heterocycles. The lowest BCUT2D eigenvalue weighted by Gasteiger charge is -2.57. The summed E-state index contributed by atoms with van der Waals surface area (Å²) < 4.78 is 19.1. The standard InChI is InChI=1S/C27H31N3O4/c1-6-8-19(7-2)30-25-20-12-18(11-17(3)4)22(32-5)13-23(20)34-14-21(25)24(28-30)26(31)29-10-9-27(29)15-33-16-27/h6-8,11-13H,9-10,14-16H2,1-5H3/b8-6-,19-7+. The fourth-order valence-corrected chi connectivity index (χ4v) is 4.94. The van der Waals surface area contributed by atoms with Gasteiger partial charge in [-0.3, -0.25) is 4.79 Å². The van der Waals surface area contributed by atoms with E-state index in [4.69, 9.17) is 19.3 Å². The fourth-order valence-electron chi connectivity index (χ4n) is 4.94. The molecule has 0 bridgehead atoms. The molecule has 3 aliphatic rings. The smallest absolute Gasteiger partial charge is 0.275 e. The second-order valence-corrected chi connectivity index (χ2v) is 9.33. The zero-order valence-corrected chi connectivity index (χ0v) is 20.5. The number of amides is 1. The average Bonchev–Trinajstić information content (AvgIpc) is 3.15. The molecule has 1 amide bonds. The van der Waals surface area contributed by atoms with Crippen molar-refractivity contribution in [3.63, 3.8) is 0 Å². The van der Waals surface area contributed by atoms with E-state index in [9.17, 15) is 4.79 Å². The van der Waals surface area contributed by atoms with E-state index in [1.165, 1.54) is 0 Å². The van der Waals surface area contributed by atoms with Gasteiger partial charge in [0.05, 0.1) is 37.3 Å². The van der Waals surface area contributed by atoms with Gasteiger partial charge in [-0.2, -0.15) is 5.10 Å². The Morgan fingerprint density at radius 2 is 2.03 bits per heavy atom. The van der Waals surface area contributed by atoms with Crippen molar-refractivity contribution in [2.75, 3.05) is 26.9 Å². The van der Waals surface area contributed by atoms with Gasteiger partial charge in [0, 0.05) is 29.3 Å². The molecule has 3 aliphatic heterocycles. The van der Waals surface area contributed by atoms with Crippen LogP contribution >= 0.6 is 0 Å². The highest BCUT2D eigenvalue weighted by Crippen LogP contribution is 2.45. The third-order valence-electron chi connectivity index (χ3n) is 6.83. The number of hydrogen-bond acceptors (Lipinski definition) is 5. The van der Waals surface area contributed by atoms with Crippen molar-refractivity contribution < 1.29 is 19.0 Å². The minimum absolute atomic E-state index is 0.0504. The lowest BCUT2D eigenvalue weighted by atomic mass is 9.82.